The Balaban J connectivity index is 1.83. The van der Waals surface area contributed by atoms with Crippen LogP contribution in [0.1, 0.15) is 164 Å². The second kappa shape index (κ2) is 23.8. The van der Waals surface area contributed by atoms with Gasteiger partial charge in [-0.2, -0.15) is 0 Å². The predicted octanol–water partition coefficient (Wildman–Crippen LogP) is 11.3. The van der Waals surface area contributed by atoms with E-state index in [-0.39, 0.29) is 11.3 Å². The van der Waals surface area contributed by atoms with Crippen LogP contribution in [0.4, 0.5) is 5.69 Å². The van der Waals surface area contributed by atoms with E-state index in [1.807, 2.05) is 0 Å². The first-order valence-corrected chi connectivity index (χ1v) is 17.3. The van der Waals surface area contributed by atoms with Gasteiger partial charge < -0.3 is 10.0 Å². The summed E-state index contributed by atoms with van der Waals surface area (Å²) in [6.07, 6.45) is 28.0. The van der Waals surface area contributed by atoms with Crippen molar-refractivity contribution in [1.82, 2.24) is 0 Å². The number of rotatable bonds is 24. The Kier molecular flexibility index (Phi) is 20.1. The van der Waals surface area contributed by atoms with E-state index in [1.165, 1.54) is 140 Å². The standard InChI is InChI=1S/C39H59NO2/c1-3-5-7-9-11-13-15-17-19-21-31-40(32-22-20-18-16-14-12-10-8-6-4-2)38-28-25-35(26-29-38)23-24-36-27-30-39(42)37(33-36)34-41/h25-30,33-34,42H,3-22,31-32H2,1-2H3. The quantitative estimate of drug-likeness (QED) is 0.0771. The van der Waals surface area contributed by atoms with Crippen LogP contribution < -0.4 is 4.90 Å². The molecular formula is C39H59NO2. The summed E-state index contributed by atoms with van der Waals surface area (Å²) in [5.74, 6) is 6.32. The van der Waals surface area contributed by atoms with Crippen molar-refractivity contribution < 1.29 is 9.90 Å². The Hall–Kier alpha value is -2.73. The minimum atomic E-state index is -0.00943. The van der Waals surface area contributed by atoms with Crippen molar-refractivity contribution in [3.8, 4) is 17.6 Å². The lowest BCUT2D eigenvalue weighted by Crippen LogP contribution is -2.25. The average molecular weight is 574 g/mol. The normalized spacial score (nSPS) is 10.8. The van der Waals surface area contributed by atoms with Gasteiger partial charge >= 0.3 is 0 Å². The van der Waals surface area contributed by atoms with Crippen molar-refractivity contribution in [3.05, 3.63) is 59.2 Å². The largest absolute Gasteiger partial charge is 0.507 e. The number of hydrogen-bond acceptors (Lipinski definition) is 3. The molecule has 3 heteroatoms. The molecule has 0 aliphatic carbocycles. The Bertz CT molecular complexity index is 993. The van der Waals surface area contributed by atoms with Gasteiger partial charge in [0.2, 0.25) is 0 Å². The topological polar surface area (TPSA) is 40.5 Å². The Morgan fingerprint density at radius 2 is 0.976 bits per heavy atom. The Morgan fingerprint density at radius 3 is 1.43 bits per heavy atom. The zero-order valence-corrected chi connectivity index (χ0v) is 27.0. The molecule has 0 heterocycles. The maximum atomic E-state index is 11.1. The van der Waals surface area contributed by atoms with E-state index in [0.717, 1.165) is 24.2 Å². The molecule has 1 N–H and O–H groups in total. The van der Waals surface area contributed by atoms with Gasteiger partial charge in [0, 0.05) is 29.9 Å². The van der Waals surface area contributed by atoms with Crippen molar-refractivity contribution in [1.29, 1.82) is 0 Å². The molecule has 0 aliphatic rings. The number of aromatic hydroxyl groups is 1. The van der Waals surface area contributed by atoms with Gasteiger partial charge in [-0.3, -0.25) is 4.79 Å². The fourth-order valence-corrected chi connectivity index (χ4v) is 5.58. The highest BCUT2D eigenvalue weighted by Crippen LogP contribution is 2.20. The van der Waals surface area contributed by atoms with Crippen LogP contribution in [0.5, 0.6) is 5.75 Å². The Morgan fingerprint density at radius 1 is 0.571 bits per heavy atom. The molecule has 0 atom stereocenters. The molecule has 0 aromatic heterocycles. The summed E-state index contributed by atoms with van der Waals surface area (Å²) in [5, 5.41) is 9.72. The Labute approximate surface area is 258 Å². The number of carbonyl (C=O) groups excluding carboxylic acids is 1. The van der Waals surface area contributed by atoms with Crippen molar-refractivity contribution in [2.45, 2.75) is 142 Å². The fraction of sp³-hybridized carbons (Fsp3) is 0.615. The third-order valence-corrected chi connectivity index (χ3v) is 8.30. The summed E-state index contributed by atoms with van der Waals surface area (Å²) in [5.41, 5.74) is 3.24. The van der Waals surface area contributed by atoms with Crippen LogP contribution in [-0.4, -0.2) is 24.5 Å². The van der Waals surface area contributed by atoms with Crippen molar-refractivity contribution in [2.24, 2.45) is 0 Å². The summed E-state index contributed by atoms with van der Waals surface area (Å²) < 4.78 is 0. The zero-order valence-electron chi connectivity index (χ0n) is 27.0. The second-order valence-electron chi connectivity index (χ2n) is 12.0. The molecule has 0 aliphatic heterocycles. The molecule has 2 rings (SSSR count). The maximum absolute atomic E-state index is 11.1. The van der Waals surface area contributed by atoms with E-state index < -0.39 is 0 Å². The molecule has 0 fully saturated rings. The van der Waals surface area contributed by atoms with Gasteiger partial charge in [0.15, 0.2) is 6.29 Å². The van der Waals surface area contributed by atoms with Gasteiger partial charge in [0.1, 0.15) is 5.75 Å². The average Bonchev–Trinajstić information content (AvgIpc) is 3.01. The van der Waals surface area contributed by atoms with Crippen molar-refractivity contribution >= 4 is 12.0 Å². The van der Waals surface area contributed by atoms with Crippen molar-refractivity contribution in [2.75, 3.05) is 18.0 Å². The molecule has 0 saturated carbocycles. The van der Waals surface area contributed by atoms with Gasteiger partial charge in [0.25, 0.3) is 0 Å². The minimum Gasteiger partial charge on any atom is -0.507 e. The van der Waals surface area contributed by atoms with E-state index in [0.29, 0.717) is 6.29 Å². The highest BCUT2D eigenvalue weighted by molar-refractivity contribution is 5.79. The molecule has 2 aromatic carbocycles. The lowest BCUT2D eigenvalue weighted by molar-refractivity contribution is 0.112. The summed E-state index contributed by atoms with van der Waals surface area (Å²) in [7, 11) is 0. The van der Waals surface area contributed by atoms with Crippen LogP contribution in [0, 0.1) is 11.8 Å². The number of nitrogens with zero attached hydrogens (tertiary/aromatic N) is 1. The van der Waals surface area contributed by atoms with Crippen molar-refractivity contribution in [3.63, 3.8) is 0 Å². The van der Waals surface area contributed by atoms with E-state index in [9.17, 15) is 9.90 Å². The van der Waals surface area contributed by atoms with Gasteiger partial charge in [-0.25, -0.2) is 0 Å². The summed E-state index contributed by atoms with van der Waals surface area (Å²) in [6.45, 7) is 6.82. The number of unbranched alkanes of at least 4 members (excludes halogenated alkanes) is 18. The van der Waals surface area contributed by atoms with E-state index in [4.69, 9.17) is 0 Å². The number of anilines is 1. The van der Waals surface area contributed by atoms with Gasteiger partial charge in [-0.05, 0) is 55.3 Å². The van der Waals surface area contributed by atoms with Gasteiger partial charge in [-0.15, -0.1) is 0 Å². The molecule has 0 saturated heterocycles. The molecular weight excluding hydrogens is 514 g/mol. The third-order valence-electron chi connectivity index (χ3n) is 8.30. The van der Waals surface area contributed by atoms with Crippen LogP contribution >= 0.6 is 0 Å². The van der Waals surface area contributed by atoms with Crippen LogP contribution in [0.25, 0.3) is 0 Å². The van der Waals surface area contributed by atoms with Crippen LogP contribution in [-0.2, 0) is 0 Å². The van der Waals surface area contributed by atoms with Gasteiger partial charge in [0.05, 0.1) is 5.56 Å². The zero-order chi connectivity index (χ0) is 30.1. The maximum Gasteiger partial charge on any atom is 0.153 e. The highest BCUT2D eigenvalue weighted by atomic mass is 16.3. The number of benzene rings is 2. The number of phenols is 1. The van der Waals surface area contributed by atoms with E-state index >= 15 is 0 Å². The van der Waals surface area contributed by atoms with Gasteiger partial charge in [-0.1, -0.05) is 141 Å². The molecule has 0 radical (unpaired) electrons. The van der Waals surface area contributed by atoms with E-state index in [1.54, 1.807) is 12.1 Å². The molecule has 0 unspecified atom stereocenters. The minimum absolute atomic E-state index is 0.00943. The molecule has 3 nitrogen and oxygen atoms in total. The predicted molar refractivity (Wildman–Crippen MR) is 182 cm³/mol. The number of phenolic OH excluding ortho intramolecular Hbond substituents is 1. The van der Waals surface area contributed by atoms with E-state index in [2.05, 4.69) is 54.9 Å². The molecule has 0 amide bonds. The molecule has 0 spiro atoms. The number of hydrogen-bond donors (Lipinski definition) is 1. The molecule has 232 valence electrons. The summed E-state index contributed by atoms with van der Waals surface area (Å²) in [4.78, 5) is 13.7. The number of carbonyl (C=O) groups is 1. The first-order chi connectivity index (χ1) is 20.7. The first kappa shape index (κ1) is 35.5. The molecule has 42 heavy (non-hydrogen) atoms. The lowest BCUT2D eigenvalue weighted by Gasteiger charge is -2.25. The molecule has 0 bridgehead atoms. The monoisotopic (exact) mass is 573 g/mol. The highest BCUT2D eigenvalue weighted by Gasteiger charge is 2.07. The second-order valence-corrected chi connectivity index (χ2v) is 12.0. The molecule has 2 aromatic rings. The van der Waals surface area contributed by atoms with Crippen LogP contribution in [0.2, 0.25) is 0 Å². The SMILES string of the molecule is CCCCCCCCCCCCN(CCCCCCCCCCCC)c1ccc(C#Cc2ccc(O)c(C=O)c2)cc1. The number of aldehydes is 1. The third kappa shape index (κ3) is 16.1. The van der Waals surface area contributed by atoms with Crippen LogP contribution in [0.15, 0.2) is 42.5 Å². The first-order valence-electron chi connectivity index (χ1n) is 17.3. The summed E-state index contributed by atoms with van der Waals surface area (Å²) in [6, 6.07) is 13.5. The lowest BCUT2D eigenvalue weighted by atomic mass is 10.1. The summed E-state index contributed by atoms with van der Waals surface area (Å²) >= 11 is 0. The van der Waals surface area contributed by atoms with Crippen LogP contribution in [0.3, 0.4) is 0 Å². The smallest absolute Gasteiger partial charge is 0.153 e. The fourth-order valence-electron chi connectivity index (χ4n) is 5.58.